The molecule has 1 aliphatic heterocycles. The van der Waals surface area contributed by atoms with Crippen LogP contribution in [0.4, 0.5) is 0 Å². The Morgan fingerprint density at radius 2 is 2.07 bits per heavy atom. The van der Waals surface area contributed by atoms with Crippen molar-refractivity contribution in [2.45, 2.75) is 12.3 Å². The minimum Gasteiger partial charge on any atom is -0.460 e. The fourth-order valence-electron chi connectivity index (χ4n) is 1.33. The highest BCUT2D eigenvalue weighted by Crippen LogP contribution is 2.26. The smallest absolute Gasteiger partial charge is 0.134 e. The maximum Gasteiger partial charge on any atom is 0.134 e. The fourth-order valence-corrected chi connectivity index (χ4v) is 1.45. The van der Waals surface area contributed by atoms with Gasteiger partial charge in [0.05, 0.1) is 5.38 Å². The van der Waals surface area contributed by atoms with Crippen LogP contribution in [0.15, 0.2) is 42.2 Å². The summed E-state index contributed by atoms with van der Waals surface area (Å²) in [5.41, 5.74) is 1.08. The van der Waals surface area contributed by atoms with E-state index < -0.39 is 0 Å². The van der Waals surface area contributed by atoms with Crippen molar-refractivity contribution in [1.29, 1.82) is 0 Å². The van der Waals surface area contributed by atoms with Crippen LogP contribution in [0.2, 0.25) is 0 Å². The van der Waals surface area contributed by atoms with E-state index >= 15 is 0 Å². The summed E-state index contributed by atoms with van der Waals surface area (Å²) >= 11 is 5.97. The van der Waals surface area contributed by atoms with Crippen molar-refractivity contribution in [3.05, 3.63) is 47.7 Å². The van der Waals surface area contributed by atoms with Crippen molar-refractivity contribution < 1.29 is 4.74 Å². The minimum atomic E-state index is -0.106. The maximum absolute atomic E-state index is 5.97. The van der Waals surface area contributed by atoms with Crippen molar-refractivity contribution in [3.63, 3.8) is 0 Å². The predicted molar refractivity (Wildman–Crippen MR) is 59.5 cm³/mol. The van der Waals surface area contributed by atoms with Gasteiger partial charge in [0.25, 0.3) is 0 Å². The molecule has 0 spiro atoms. The summed E-state index contributed by atoms with van der Waals surface area (Å²) in [4.78, 5) is 0. The van der Waals surface area contributed by atoms with Gasteiger partial charge in [-0.2, -0.15) is 0 Å². The zero-order valence-electron chi connectivity index (χ0n) is 7.91. The number of rotatable bonds is 1. The van der Waals surface area contributed by atoms with E-state index in [0.717, 1.165) is 17.1 Å². The molecule has 1 aromatic rings. The Morgan fingerprint density at radius 3 is 2.86 bits per heavy atom. The number of alkyl halides is 1. The molecule has 1 unspecified atom stereocenters. The lowest BCUT2D eigenvalue weighted by Gasteiger charge is -2.11. The number of fused-ring (bicyclic) bond motifs is 1. The van der Waals surface area contributed by atoms with Gasteiger partial charge in [0.1, 0.15) is 11.5 Å². The Bertz CT molecular complexity index is 391. The highest BCUT2D eigenvalue weighted by atomic mass is 35.5. The van der Waals surface area contributed by atoms with Gasteiger partial charge in [-0.05, 0) is 19.1 Å². The third kappa shape index (κ3) is 1.83. The summed E-state index contributed by atoms with van der Waals surface area (Å²) in [6, 6.07) is 7.90. The van der Waals surface area contributed by atoms with Gasteiger partial charge in [-0.15, -0.1) is 11.6 Å². The van der Waals surface area contributed by atoms with E-state index in [1.165, 1.54) is 0 Å². The van der Waals surface area contributed by atoms with Gasteiger partial charge in [-0.1, -0.05) is 30.4 Å². The number of hydrogen-bond donors (Lipinski definition) is 0. The molecule has 0 N–H and O–H groups in total. The van der Waals surface area contributed by atoms with Gasteiger partial charge in [0.15, 0.2) is 0 Å². The molecule has 0 aromatic heterocycles. The molecule has 1 aliphatic rings. The highest BCUT2D eigenvalue weighted by Gasteiger charge is 2.10. The van der Waals surface area contributed by atoms with Crippen molar-refractivity contribution >= 4 is 17.7 Å². The first-order valence-electron chi connectivity index (χ1n) is 4.56. The van der Waals surface area contributed by atoms with Crippen molar-refractivity contribution in [1.82, 2.24) is 0 Å². The second-order valence-electron chi connectivity index (χ2n) is 3.18. The summed E-state index contributed by atoms with van der Waals surface area (Å²) in [5, 5.41) is -0.106. The Hall–Kier alpha value is -1.21. The van der Waals surface area contributed by atoms with E-state index in [1.807, 2.05) is 49.4 Å². The average Bonchev–Trinajstić information content (AvgIpc) is 2.39. The number of allylic oxidation sites excluding steroid dienone is 3. The SMILES string of the molecule is CC(Cl)C1=CC=Cc2ccccc2O1. The molecular weight excluding hydrogens is 196 g/mol. The van der Waals surface area contributed by atoms with Crippen LogP contribution in [0.25, 0.3) is 6.08 Å². The molecule has 1 atom stereocenters. The molecule has 1 aromatic carbocycles. The molecule has 0 amide bonds. The van der Waals surface area contributed by atoms with Crippen LogP contribution < -0.4 is 4.74 Å². The van der Waals surface area contributed by atoms with E-state index in [-0.39, 0.29) is 5.38 Å². The van der Waals surface area contributed by atoms with Gasteiger partial charge in [-0.3, -0.25) is 0 Å². The quantitative estimate of drug-likeness (QED) is 0.638. The van der Waals surface area contributed by atoms with Crippen LogP contribution in [-0.4, -0.2) is 5.38 Å². The molecule has 2 rings (SSSR count). The summed E-state index contributed by atoms with van der Waals surface area (Å²) in [7, 11) is 0. The third-order valence-electron chi connectivity index (χ3n) is 2.08. The molecule has 0 radical (unpaired) electrons. The topological polar surface area (TPSA) is 9.23 Å². The van der Waals surface area contributed by atoms with Crippen molar-refractivity contribution in [2.24, 2.45) is 0 Å². The minimum absolute atomic E-state index is 0.106. The first kappa shape index (κ1) is 9.35. The first-order chi connectivity index (χ1) is 6.77. The molecule has 0 saturated carbocycles. The van der Waals surface area contributed by atoms with Crippen LogP contribution >= 0.6 is 11.6 Å². The summed E-state index contributed by atoms with van der Waals surface area (Å²) in [5.74, 6) is 1.65. The number of benzene rings is 1. The van der Waals surface area contributed by atoms with Gasteiger partial charge in [0.2, 0.25) is 0 Å². The van der Waals surface area contributed by atoms with Crippen LogP contribution in [0.3, 0.4) is 0 Å². The number of halogens is 1. The van der Waals surface area contributed by atoms with Gasteiger partial charge < -0.3 is 4.74 Å². The molecule has 0 bridgehead atoms. The van der Waals surface area contributed by atoms with Gasteiger partial charge in [-0.25, -0.2) is 0 Å². The van der Waals surface area contributed by atoms with E-state index in [0.29, 0.717) is 0 Å². The van der Waals surface area contributed by atoms with E-state index in [9.17, 15) is 0 Å². The zero-order valence-corrected chi connectivity index (χ0v) is 8.66. The molecule has 2 heteroatoms. The lowest BCUT2D eigenvalue weighted by atomic mass is 10.2. The Labute approximate surface area is 88.7 Å². The molecule has 1 heterocycles. The fraction of sp³-hybridized carbons (Fsp3) is 0.167. The van der Waals surface area contributed by atoms with E-state index in [4.69, 9.17) is 16.3 Å². The van der Waals surface area contributed by atoms with E-state index in [2.05, 4.69) is 0 Å². The molecule has 1 nitrogen and oxygen atoms in total. The van der Waals surface area contributed by atoms with Crippen molar-refractivity contribution in [3.8, 4) is 5.75 Å². The van der Waals surface area contributed by atoms with Crippen LogP contribution in [0.5, 0.6) is 5.75 Å². The summed E-state index contributed by atoms with van der Waals surface area (Å²) in [6.45, 7) is 1.90. The largest absolute Gasteiger partial charge is 0.460 e. The second kappa shape index (κ2) is 3.89. The van der Waals surface area contributed by atoms with E-state index in [1.54, 1.807) is 0 Å². The average molecular weight is 207 g/mol. The lowest BCUT2D eigenvalue weighted by Crippen LogP contribution is -2.04. The standard InChI is InChI=1S/C12H11ClO/c1-9(13)11-8-4-6-10-5-2-3-7-12(10)14-11/h2-9H,1H3. The number of para-hydroxylation sites is 1. The molecular formula is C12H11ClO. The normalized spacial score (nSPS) is 16.3. The number of ether oxygens (including phenoxy) is 1. The van der Waals surface area contributed by atoms with Gasteiger partial charge in [0, 0.05) is 5.56 Å². The maximum atomic E-state index is 5.97. The molecule has 72 valence electrons. The van der Waals surface area contributed by atoms with Crippen LogP contribution in [0.1, 0.15) is 12.5 Å². The molecule has 0 saturated heterocycles. The van der Waals surface area contributed by atoms with Crippen LogP contribution in [0, 0.1) is 0 Å². The summed E-state index contributed by atoms with van der Waals surface area (Å²) in [6.07, 6.45) is 5.87. The Balaban J connectivity index is 2.38. The molecule has 0 aliphatic carbocycles. The molecule has 0 fully saturated rings. The first-order valence-corrected chi connectivity index (χ1v) is 5.00. The highest BCUT2D eigenvalue weighted by molar-refractivity contribution is 6.22. The third-order valence-corrected chi connectivity index (χ3v) is 2.29. The van der Waals surface area contributed by atoms with Gasteiger partial charge >= 0.3 is 0 Å². The lowest BCUT2D eigenvalue weighted by molar-refractivity contribution is 0.412. The van der Waals surface area contributed by atoms with Crippen LogP contribution in [-0.2, 0) is 0 Å². The predicted octanol–water partition coefficient (Wildman–Crippen LogP) is 3.60. The monoisotopic (exact) mass is 206 g/mol. The zero-order chi connectivity index (χ0) is 9.97. The molecule has 14 heavy (non-hydrogen) atoms. The van der Waals surface area contributed by atoms with Crippen molar-refractivity contribution in [2.75, 3.05) is 0 Å². The Morgan fingerprint density at radius 1 is 1.29 bits per heavy atom. The summed E-state index contributed by atoms with van der Waals surface area (Å²) < 4.78 is 5.68. The number of hydrogen-bond acceptors (Lipinski definition) is 1. The Kier molecular flexibility index (Phi) is 2.60. The second-order valence-corrected chi connectivity index (χ2v) is 3.84.